The topological polar surface area (TPSA) is 122 Å². The van der Waals surface area contributed by atoms with Gasteiger partial charge in [0.25, 0.3) is 5.91 Å². The second-order valence-electron chi connectivity index (χ2n) is 7.56. The lowest BCUT2D eigenvalue weighted by atomic mass is 9.91. The van der Waals surface area contributed by atoms with Crippen LogP contribution in [-0.2, 0) is 4.79 Å². The van der Waals surface area contributed by atoms with Crippen LogP contribution in [0.5, 0.6) is 0 Å². The number of hydrogen-bond donors (Lipinski definition) is 4. The first-order valence-corrected chi connectivity index (χ1v) is 10.0. The molecule has 1 aromatic heterocycles. The van der Waals surface area contributed by atoms with E-state index in [4.69, 9.17) is 5.73 Å². The zero-order chi connectivity index (χ0) is 19.2. The molecule has 8 heteroatoms. The van der Waals surface area contributed by atoms with Gasteiger partial charge in [0.1, 0.15) is 5.82 Å². The number of anilines is 2. The minimum absolute atomic E-state index is 0.0980. The van der Waals surface area contributed by atoms with Crippen LogP contribution in [0.2, 0.25) is 0 Å². The van der Waals surface area contributed by atoms with Gasteiger partial charge in [0, 0.05) is 30.7 Å². The Morgan fingerprint density at radius 3 is 2.30 bits per heavy atom. The van der Waals surface area contributed by atoms with Crippen LogP contribution < -0.4 is 21.7 Å². The molecule has 0 radical (unpaired) electrons. The first kappa shape index (κ1) is 19.4. The van der Waals surface area contributed by atoms with Crippen molar-refractivity contribution in [2.45, 2.75) is 82.8 Å². The SMILES string of the molecule is CCC(=O)NC1CCC(Nc2nc(NC3CCCC3)ncc2C(N)=O)CC1. The highest BCUT2D eigenvalue weighted by molar-refractivity contribution is 5.97. The van der Waals surface area contributed by atoms with Gasteiger partial charge in [0.15, 0.2) is 0 Å². The number of hydrogen-bond acceptors (Lipinski definition) is 6. The second kappa shape index (κ2) is 9.01. The van der Waals surface area contributed by atoms with Crippen LogP contribution in [-0.4, -0.2) is 39.9 Å². The minimum Gasteiger partial charge on any atom is -0.367 e. The van der Waals surface area contributed by atoms with Crippen LogP contribution >= 0.6 is 0 Å². The van der Waals surface area contributed by atoms with E-state index in [0.717, 1.165) is 38.5 Å². The molecular formula is C19H30N6O2. The third kappa shape index (κ3) is 5.30. The third-order valence-corrected chi connectivity index (χ3v) is 5.50. The normalized spacial score (nSPS) is 23.0. The van der Waals surface area contributed by atoms with Crippen LogP contribution in [0.3, 0.4) is 0 Å². The number of primary amides is 1. The van der Waals surface area contributed by atoms with Crippen molar-refractivity contribution < 1.29 is 9.59 Å². The number of nitrogens with zero attached hydrogens (tertiary/aromatic N) is 2. The van der Waals surface area contributed by atoms with Gasteiger partial charge in [-0.15, -0.1) is 0 Å². The molecule has 0 atom stereocenters. The predicted molar refractivity (Wildman–Crippen MR) is 105 cm³/mol. The molecule has 148 valence electrons. The third-order valence-electron chi connectivity index (χ3n) is 5.50. The maximum absolute atomic E-state index is 11.8. The van der Waals surface area contributed by atoms with Gasteiger partial charge in [0.2, 0.25) is 11.9 Å². The lowest BCUT2D eigenvalue weighted by Crippen LogP contribution is -2.40. The molecule has 0 aliphatic heterocycles. The van der Waals surface area contributed by atoms with Crippen molar-refractivity contribution in [1.29, 1.82) is 0 Å². The molecule has 27 heavy (non-hydrogen) atoms. The molecule has 2 saturated carbocycles. The van der Waals surface area contributed by atoms with Crippen molar-refractivity contribution >= 4 is 23.6 Å². The summed E-state index contributed by atoms with van der Waals surface area (Å²) in [5.74, 6) is 0.604. The quantitative estimate of drug-likeness (QED) is 0.580. The number of carbonyl (C=O) groups is 2. The van der Waals surface area contributed by atoms with Crippen molar-refractivity contribution in [1.82, 2.24) is 15.3 Å². The zero-order valence-corrected chi connectivity index (χ0v) is 16.0. The summed E-state index contributed by atoms with van der Waals surface area (Å²) in [6.07, 6.45) is 10.3. The summed E-state index contributed by atoms with van der Waals surface area (Å²) < 4.78 is 0. The van der Waals surface area contributed by atoms with Crippen molar-refractivity contribution in [3.05, 3.63) is 11.8 Å². The van der Waals surface area contributed by atoms with E-state index >= 15 is 0 Å². The summed E-state index contributed by atoms with van der Waals surface area (Å²) in [7, 11) is 0. The summed E-state index contributed by atoms with van der Waals surface area (Å²) in [6.45, 7) is 1.86. The molecule has 1 heterocycles. The fraction of sp³-hybridized carbons (Fsp3) is 0.684. The molecule has 8 nitrogen and oxygen atoms in total. The van der Waals surface area contributed by atoms with E-state index in [1.54, 1.807) is 0 Å². The fourth-order valence-corrected chi connectivity index (χ4v) is 3.90. The van der Waals surface area contributed by atoms with E-state index in [0.29, 0.717) is 29.8 Å². The summed E-state index contributed by atoms with van der Waals surface area (Å²) in [4.78, 5) is 32.1. The monoisotopic (exact) mass is 374 g/mol. The summed E-state index contributed by atoms with van der Waals surface area (Å²) in [5.41, 5.74) is 5.81. The Morgan fingerprint density at radius 2 is 1.67 bits per heavy atom. The average Bonchev–Trinajstić information content (AvgIpc) is 3.16. The average molecular weight is 374 g/mol. The Bertz CT molecular complexity index is 666. The van der Waals surface area contributed by atoms with Gasteiger partial charge in [-0.25, -0.2) is 4.98 Å². The van der Waals surface area contributed by atoms with E-state index in [2.05, 4.69) is 25.9 Å². The number of nitrogens with two attached hydrogens (primary N) is 1. The van der Waals surface area contributed by atoms with Gasteiger partial charge in [-0.1, -0.05) is 19.8 Å². The van der Waals surface area contributed by atoms with E-state index < -0.39 is 5.91 Å². The molecule has 2 aliphatic carbocycles. The van der Waals surface area contributed by atoms with Crippen molar-refractivity contribution in [2.75, 3.05) is 10.6 Å². The molecule has 0 bridgehead atoms. The highest BCUT2D eigenvalue weighted by Gasteiger charge is 2.24. The number of aromatic nitrogens is 2. The Balaban J connectivity index is 1.62. The van der Waals surface area contributed by atoms with Crippen molar-refractivity contribution in [2.24, 2.45) is 5.73 Å². The Hall–Kier alpha value is -2.38. The number of carbonyl (C=O) groups excluding carboxylic acids is 2. The summed E-state index contributed by atoms with van der Waals surface area (Å²) in [6, 6.07) is 0.832. The summed E-state index contributed by atoms with van der Waals surface area (Å²) in [5, 5.41) is 9.79. The van der Waals surface area contributed by atoms with Gasteiger partial charge in [-0.05, 0) is 38.5 Å². The molecule has 2 aliphatic rings. The maximum Gasteiger partial charge on any atom is 0.254 e. The van der Waals surface area contributed by atoms with Gasteiger partial charge in [-0.3, -0.25) is 9.59 Å². The molecule has 0 saturated heterocycles. The number of nitrogens with one attached hydrogen (secondary N) is 3. The molecule has 3 rings (SSSR count). The molecule has 0 aromatic carbocycles. The molecule has 1 aromatic rings. The fourth-order valence-electron chi connectivity index (χ4n) is 3.90. The Morgan fingerprint density at radius 1 is 1.04 bits per heavy atom. The van der Waals surface area contributed by atoms with Gasteiger partial charge in [0.05, 0.1) is 5.56 Å². The zero-order valence-electron chi connectivity index (χ0n) is 16.0. The molecule has 0 spiro atoms. The highest BCUT2D eigenvalue weighted by atomic mass is 16.2. The van der Waals surface area contributed by atoms with E-state index in [9.17, 15) is 9.59 Å². The lowest BCUT2D eigenvalue weighted by Gasteiger charge is -2.30. The van der Waals surface area contributed by atoms with Crippen LogP contribution in [0.15, 0.2) is 6.20 Å². The van der Waals surface area contributed by atoms with E-state index in [1.807, 2.05) is 6.92 Å². The molecule has 5 N–H and O–H groups in total. The van der Waals surface area contributed by atoms with Crippen LogP contribution in [0.4, 0.5) is 11.8 Å². The Kier molecular flexibility index (Phi) is 6.47. The second-order valence-corrected chi connectivity index (χ2v) is 7.56. The smallest absolute Gasteiger partial charge is 0.254 e. The molecule has 0 unspecified atom stereocenters. The molecule has 2 amide bonds. The summed E-state index contributed by atoms with van der Waals surface area (Å²) >= 11 is 0. The largest absolute Gasteiger partial charge is 0.367 e. The number of rotatable bonds is 7. The van der Waals surface area contributed by atoms with Crippen LogP contribution in [0.25, 0.3) is 0 Å². The van der Waals surface area contributed by atoms with Crippen LogP contribution in [0, 0.1) is 0 Å². The molecule has 2 fully saturated rings. The van der Waals surface area contributed by atoms with E-state index in [-0.39, 0.29) is 18.0 Å². The molecular weight excluding hydrogens is 344 g/mol. The van der Waals surface area contributed by atoms with Gasteiger partial charge < -0.3 is 21.7 Å². The lowest BCUT2D eigenvalue weighted by molar-refractivity contribution is -0.121. The van der Waals surface area contributed by atoms with Crippen LogP contribution in [0.1, 0.15) is 75.1 Å². The maximum atomic E-state index is 11.8. The Labute approximate surface area is 160 Å². The highest BCUT2D eigenvalue weighted by Crippen LogP contribution is 2.25. The van der Waals surface area contributed by atoms with E-state index in [1.165, 1.54) is 19.0 Å². The van der Waals surface area contributed by atoms with Crippen molar-refractivity contribution in [3.8, 4) is 0 Å². The first-order valence-electron chi connectivity index (χ1n) is 10.0. The van der Waals surface area contributed by atoms with Gasteiger partial charge in [-0.2, -0.15) is 4.98 Å². The van der Waals surface area contributed by atoms with Crippen molar-refractivity contribution in [3.63, 3.8) is 0 Å². The van der Waals surface area contributed by atoms with Gasteiger partial charge >= 0.3 is 0 Å². The minimum atomic E-state index is -0.534. The first-order chi connectivity index (χ1) is 13.0. The predicted octanol–water partition coefficient (Wildman–Crippen LogP) is 2.18. The standard InChI is InChI=1S/C19H30N6O2/c1-2-16(26)22-13-7-9-14(10-8-13)23-18-15(17(20)27)11-21-19(25-18)24-12-5-3-4-6-12/h11-14H,2-10H2,1H3,(H2,20,27)(H,22,26)(H2,21,23,24,25). The number of amides is 2.